The molecule has 1 aromatic carbocycles. The molecule has 2 heterocycles. The first-order valence-corrected chi connectivity index (χ1v) is 9.59. The van der Waals surface area contributed by atoms with Gasteiger partial charge in [0.1, 0.15) is 5.75 Å². The minimum Gasteiger partial charge on any atom is -0.508 e. The molecule has 1 saturated carbocycles. The molecule has 0 radical (unpaired) electrons. The van der Waals surface area contributed by atoms with Crippen molar-refractivity contribution in [3.05, 3.63) is 41.7 Å². The number of piperazine rings is 1. The third kappa shape index (κ3) is 3.41. The van der Waals surface area contributed by atoms with Crippen molar-refractivity contribution in [2.24, 2.45) is 0 Å². The summed E-state index contributed by atoms with van der Waals surface area (Å²) in [6.45, 7) is 2.91. The number of nitrogens with zero attached hydrogens (tertiary/aromatic N) is 3. The van der Waals surface area contributed by atoms with Crippen LogP contribution in [0.4, 0.5) is 5.69 Å². The predicted octanol–water partition coefficient (Wildman–Crippen LogP) is 3.13. The number of hydrogen-bond acceptors (Lipinski definition) is 4. The van der Waals surface area contributed by atoms with E-state index in [1.54, 1.807) is 18.3 Å². The second kappa shape index (κ2) is 7.40. The van der Waals surface area contributed by atoms with Gasteiger partial charge in [-0.25, -0.2) is 0 Å². The average Bonchev–Trinajstić information content (AvgIpc) is 3.18. The molecule has 4 rings (SSSR count). The number of phenols is 1. The van der Waals surface area contributed by atoms with Crippen LogP contribution in [0.15, 0.2) is 30.5 Å². The molecular formula is C20H26N4O2. The lowest BCUT2D eigenvalue weighted by atomic mass is 9.85. The Labute approximate surface area is 153 Å². The molecule has 1 aromatic heterocycles. The number of hydrogen-bond donors (Lipinski definition) is 2. The Kier molecular flexibility index (Phi) is 4.82. The van der Waals surface area contributed by atoms with Crippen molar-refractivity contribution in [3.63, 3.8) is 0 Å². The van der Waals surface area contributed by atoms with E-state index in [2.05, 4.69) is 15.1 Å². The van der Waals surface area contributed by atoms with Gasteiger partial charge in [0.2, 0.25) is 0 Å². The second-order valence-corrected chi connectivity index (χ2v) is 7.33. The van der Waals surface area contributed by atoms with Crippen molar-refractivity contribution in [1.82, 2.24) is 15.1 Å². The van der Waals surface area contributed by atoms with E-state index in [-0.39, 0.29) is 11.7 Å². The number of aromatic amines is 1. The fourth-order valence-corrected chi connectivity index (χ4v) is 4.20. The maximum absolute atomic E-state index is 13.0. The van der Waals surface area contributed by atoms with Crippen molar-refractivity contribution in [1.29, 1.82) is 0 Å². The van der Waals surface area contributed by atoms with Gasteiger partial charge in [-0.1, -0.05) is 25.3 Å². The van der Waals surface area contributed by atoms with Gasteiger partial charge in [0.05, 0.1) is 17.5 Å². The standard InChI is InChI=1S/C20H26N4O2/c25-17-8-4-7-16(13-17)23-9-11-24(12-10-23)20(26)18-14-21-22-19(18)15-5-2-1-3-6-15/h4,7-8,13-15,25H,1-3,5-6,9-12H2,(H,21,22). The Balaban J connectivity index is 1.42. The van der Waals surface area contributed by atoms with Crippen LogP contribution in [-0.2, 0) is 0 Å². The molecular weight excluding hydrogens is 328 g/mol. The maximum atomic E-state index is 13.0. The molecule has 0 atom stereocenters. The van der Waals surface area contributed by atoms with Gasteiger partial charge in [-0.05, 0) is 25.0 Å². The van der Waals surface area contributed by atoms with Crippen LogP contribution < -0.4 is 4.90 Å². The summed E-state index contributed by atoms with van der Waals surface area (Å²) in [5.41, 5.74) is 2.79. The highest BCUT2D eigenvalue weighted by Crippen LogP contribution is 2.33. The highest BCUT2D eigenvalue weighted by Gasteiger charge is 2.28. The number of carbonyl (C=O) groups excluding carboxylic acids is 1. The minimum absolute atomic E-state index is 0.0925. The molecule has 1 aliphatic carbocycles. The monoisotopic (exact) mass is 354 g/mol. The van der Waals surface area contributed by atoms with Crippen molar-refractivity contribution in [2.45, 2.75) is 38.0 Å². The van der Waals surface area contributed by atoms with Crippen molar-refractivity contribution >= 4 is 11.6 Å². The molecule has 138 valence electrons. The molecule has 2 aromatic rings. The van der Waals surface area contributed by atoms with Crippen LogP contribution in [0.2, 0.25) is 0 Å². The number of phenolic OH excluding ortho intramolecular Hbond substituents is 1. The van der Waals surface area contributed by atoms with Crippen LogP contribution in [0, 0.1) is 0 Å². The topological polar surface area (TPSA) is 72.5 Å². The molecule has 6 heteroatoms. The highest BCUT2D eigenvalue weighted by molar-refractivity contribution is 5.95. The average molecular weight is 354 g/mol. The van der Waals surface area contributed by atoms with Crippen LogP contribution in [0.25, 0.3) is 0 Å². The fourth-order valence-electron chi connectivity index (χ4n) is 4.20. The van der Waals surface area contributed by atoms with Gasteiger partial charge in [0.15, 0.2) is 0 Å². The lowest BCUT2D eigenvalue weighted by Gasteiger charge is -2.36. The minimum atomic E-state index is 0.0925. The summed E-state index contributed by atoms with van der Waals surface area (Å²) in [6.07, 6.45) is 7.76. The lowest BCUT2D eigenvalue weighted by molar-refractivity contribution is 0.0745. The lowest BCUT2D eigenvalue weighted by Crippen LogP contribution is -2.49. The van der Waals surface area contributed by atoms with Gasteiger partial charge in [-0.15, -0.1) is 0 Å². The predicted molar refractivity (Wildman–Crippen MR) is 101 cm³/mol. The Morgan fingerprint density at radius 1 is 1.12 bits per heavy atom. The Hall–Kier alpha value is -2.50. The van der Waals surface area contributed by atoms with Crippen molar-refractivity contribution in [2.75, 3.05) is 31.1 Å². The number of aromatic hydroxyl groups is 1. The summed E-state index contributed by atoms with van der Waals surface area (Å²) in [5, 5.41) is 16.9. The third-order valence-electron chi connectivity index (χ3n) is 5.67. The van der Waals surface area contributed by atoms with Gasteiger partial charge < -0.3 is 14.9 Å². The van der Waals surface area contributed by atoms with Crippen LogP contribution in [0.3, 0.4) is 0 Å². The molecule has 26 heavy (non-hydrogen) atoms. The van der Waals surface area contributed by atoms with E-state index in [1.807, 2.05) is 17.0 Å². The van der Waals surface area contributed by atoms with Crippen LogP contribution in [-0.4, -0.2) is 52.3 Å². The molecule has 6 nitrogen and oxygen atoms in total. The first-order chi connectivity index (χ1) is 12.7. The van der Waals surface area contributed by atoms with Crippen LogP contribution in [0.1, 0.15) is 54.1 Å². The van der Waals surface area contributed by atoms with Gasteiger partial charge in [-0.2, -0.15) is 5.10 Å². The quantitative estimate of drug-likeness (QED) is 0.888. The smallest absolute Gasteiger partial charge is 0.257 e. The third-order valence-corrected chi connectivity index (χ3v) is 5.67. The summed E-state index contributed by atoms with van der Waals surface area (Å²) >= 11 is 0. The molecule has 2 aliphatic rings. The number of benzene rings is 1. The maximum Gasteiger partial charge on any atom is 0.257 e. The van der Waals surface area contributed by atoms with E-state index >= 15 is 0 Å². The Morgan fingerprint density at radius 3 is 2.62 bits per heavy atom. The van der Waals surface area contributed by atoms with E-state index in [1.165, 1.54) is 19.3 Å². The zero-order valence-electron chi connectivity index (χ0n) is 15.0. The van der Waals surface area contributed by atoms with Gasteiger partial charge >= 0.3 is 0 Å². The molecule has 2 fully saturated rings. The molecule has 0 bridgehead atoms. The van der Waals surface area contributed by atoms with Gasteiger partial charge in [-0.3, -0.25) is 9.89 Å². The molecule has 1 saturated heterocycles. The number of amides is 1. The summed E-state index contributed by atoms with van der Waals surface area (Å²) in [6, 6.07) is 7.29. The molecule has 2 N–H and O–H groups in total. The Morgan fingerprint density at radius 2 is 1.88 bits per heavy atom. The van der Waals surface area contributed by atoms with E-state index in [0.29, 0.717) is 19.0 Å². The molecule has 1 aliphatic heterocycles. The van der Waals surface area contributed by atoms with Gasteiger partial charge in [0.25, 0.3) is 5.91 Å². The van der Waals surface area contributed by atoms with E-state index in [4.69, 9.17) is 0 Å². The molecule has 0 unspecified atom stereocenters. The number of rotatable bonds is 3. The number of aromatic nitrogens is 2. The van der Waals surface area contributed by atoms with E-state index in [0.717, 1.165) is 42.9 Å². The summed E-state index contributed by atoms with van der Waals surface area (Å²) in [5.74, 6) is 0.810. The van der Waals surface area contributed by atoms with Crippen molar-refractivity contribution in [3.8, 4) is 5.75 Å². The Bertz CT molecular complexity index is 759. The summed E-state index contributed by atoms with van der Waals surface area (Å²) < 4.78 is 0. The first-order valence-electron chi connectivity index (χ1n) is 9.59. The SMILES string of the molecule is O=C(c1cn[nH]c1C1CCCCC1)N1CCN(c2cccc(O)c2)CC1. The molecule has 0 spiro atoms. The number of carbonyl (C=O) groups is 1. The van der Waals surface area contributed by atoms with Crippen molar-refractivity contribution < 1.29 is 9.90 Å². The highest BCUT2D eigenvalue weighted by atomic mass is 16.3. The van der Waals surface area contributed by atoms with Gasteiger partial charge in [0, 0.05) is 43.9 Å². The normalized spacial score (nSPS) is 18.9. The summed E-state index contributed by atoms with van der Waals surface area (Å²) in [7, 11) is 0. The number of H-pyrrole nitrogens is 1. The van der Waals surface area contributed by atoms with E-state index < -0.39 is 0 Å². The zero-order valence-corrected chi connectivity index (χ0v) is 15.0. The van der Waals surface area contributed by atoms with Crippen LogP contribution >= 0.6 is 0 Å². The number of nitrogens with one attached hydrogen (secondary N) is 1. The second-order valence-electron chi connectivity index (χ2n) is 7.33. The zero-order chi connectivity index (χ0) is 17.9. The molecule has 1 amide bonds. The van der Waals surface area contributed by atoms with Crippen LogP contribution in [0.5, 0.6) is 5.75 Å². The fraction of sp³-hybridized carbons (Fsp3) is 0.500. The number of anilines is 1. The first kappa shape index (κ1) is 16.9. The van der Waals surface area contributed by atoms with E-state index in [9.17, 15) is 9.90 Å². The summed E-state index contributed by atoms with van der Waals surface area (Å²) in [4.78, 5) is 17.2. The largest absolute Gasteiger partial charge is 0.508 e.